The highest BCUT2D eigenvalue weighted by atomic mass is 16.4. The Balaban J connectivity index is 2.02. The standard InChI is InChI=1S/C17H13NO3/c19-11-14-16(13-9-5-2-6-10-13)21-17(18-14)15(20)12-7-3-1-4-8-12/h1-11,15,20H. The van der Waals surface area contributed by atoms with Crippen LogP contribution in [0.2, 0.25) is 0 Å². The number of hydrogen-bond acceptors (Lipinski definition) is 4. The molecule has 0 spiro atoms. The second-order valence-electron chi connectivity index (χ2n) is 4.56. The highest BCUT2D eigenvalue weighted by Gasteiger charge is 2.21. The number of nitrogens with zero attached hydrogens (tertiary/aromatic N) is 1. The number of oxazole rings is 1. The van der Waals surface area contributed by atoms with E-state index in [0.29, 0.717) is 17.6 Å². The van der Waals surface area contributed by atoms with Gasteiger partial charge in [-0.25, -0.2) is 4.98 Å². The van der Waals surface area contributed by atoms with Gasteiger partial charge in [-0.05, 0) is 5.56 Å². The Bertz CT molecular complexity index is 735. The Labute approximate surface area is 121 Å². The molecule has 0 aliphatic carbocycles. The van der Waals surface area contributed by atoms with Crippen molar-refractivity contribution in [3.8, 4) is 11.3 Å². The molecule has 0 bridgehead atoms. The van der Waals surface area contributed by atoms with Gasteiger partial charge >= 0.3 is 0 Å². The van der Waals surface area contributed by atoms with Gasteiger partial charge < -0.3 is 9.52 Å². The van der Waals surface area contributed by atoms with Crippen molar-refractivity contribution in [2.75, 3.05) is 0 Å². The number of hydrogen-bond donors (Lipinski definition) is 1. The Morgan fingerprint density at radius 2 is 1.62 bits per heavy atom. The van der Waals surface area contributed by atoms with Gasteiger partial charge in [0.25, 0.3) is 0 Å². The number of aliphatic hydroxyl groups excluding tert-OH is 1. The van der Waals surface area contributed by atoms with E-state index in [4.69, 9.17) is 4.42 Å². The SMILES string of the molecule is O=Cc1nc(C(O)c2ccccc2)oc1-c1ccccc1. The first kappa shape index (κ1) is 13.3. The van der Waals surface area contributed by atoms with Crippen LogP contribution in [-0.4, -0.2) is 16.4 Å². The summed E-state index contributed by atoms with van der Waals surface area (Å²) in [5.41, 5.74) is 1.60. The normalized spacial score (nSPS) is 12.0. The molecule has 104 valence electrons. The maximum Gasteiger partial charge on any atom is 0.229 e. The molecule has 4 nitrogen and oxygen atoms in total. The van der Waals surface area contributed by atoms with E-state index in [1.54, 1.807) is 12.1 Å². The third kappa shape index (κ3) is 2.61. The second kappa shape index (κ2) is 5.73. The van der Waals surface area contributed by atoms with Crippen LogP contribution >= 0.6 is 0 Å². The number of aldehydes is 1. The number of benzene rings is 2. The summed E-state index contributed by atoms with van der Waals surface area (Å²) >= 11 is 0. The summed E-state index contributed by atoms with van der Waals surface area (Å²) in [6.07, 6.45) is -0.366. The van der Waals surface area contributed by atoms with Gasteiger partial charge in [-0.3, -0.25) is 4.79 Å². The van der Waals surface area contributed by atoms with E-state index in [1.165, 1.54) is 0 Å². The van der Waals surface area contributed by atoms with Crippen LogP contribution in [0.15, 0.2) is 65.1 Å². The van der Waals surface area contributed by atoms with Crippen molar-refractivity contribution in [1.29, 1.82) is 0 Å². The summed E-state index contributed by atoms with van der Waals surface area (Å²) in [4.78, 5) is 15.3. The van der Waals surface area contributed by atoms with Crippen LogP contribution in [0.5, 0.6) is 0 Å². The summed E-state index contributed by atoms with van der Waals surface area (Å²) in [6.45, 7) is 0. The Kier molecular flexibility index (Phi) is 3.62. The minimum absolute atomic E-state index is 0.113. The molecule has 0 radical (unpaired) electrons. The Hall–Kier alpha value is -2.72. The number of aliphatic hydroxyl groups is 1. The summed E-state index contributed by atoms with van der Waals surface area (Å²) in [6, 6.07) is 18.3. The lowest BCUT2D eigenvalue weighted by molar-refractivity contribution is 0.111. The third-order valence-electron chi connectivity index (χ3n) is 3.17. The summed E-state index contributed by atoms with van der Waals surface area (Å²) in [5.74, 6) is 0.484. The quantitative estimate of drug-likeness (QED) is 0.745. The largest absolute Gasteiger partial charge is 0.437 e. The molecule has 21 heavy (non-hydrogen) atoms. The van der Waals surface area contributed by atoms with E-state index in [0.717, 1.165) is 5.56 Å². The molecular weight excluding hydrogens is 266 g/mol. The van der Waals surface area contributed by atoms with Gasteiger partial charge in [-0.2, -0.15) is 0 Å². The van der Waals surface area contributed by atoms with Crippen molar-refractivity contribution >= 4 is 6.29 Å². The molecule has 1 aromatic heterocycles. The van der Waals surface area contributed by atoms with Gasteiger partial charge in [0.05, 0.1) is 0 Å². The minimum atomic E-state index is -0.998. The van der Waals surface area contributed by atoms with Crippen molar-refractivity contribution in [1.82, 2.24) is 4.98 Å². The molecule has 1 unspecified atom stereocenters. The van der Waals surface area contributed by atoms with Crippen molar-refractivity contribution in [3.63, 3.8) is 0 Å². The summed E-state index contributed by atoms with van der Waals surface area (Å²) in [5, 5.41) is 10.3. The Morgan fingerprint density at radius 3 is 2.24 bits per heavy atom. The van der Waals surface area contributed by atoms with Crippen molar-refractivity contribution in [3.05, 3.63) is 77.8 Å². The van der Waals surface area contributed by atoms with Crippen molar-refractivity contribution < 1.29 is 14.3 Å². The topological polar surface area (TPSA) is 63.3 Å². The van der Waals surface area contributed by atoms with Crippen LogP contribution in [0.1, 0.15) is 28.0 Å². The van der Waals surface area contributed by atoms with E-state index in [1.807, 2.05) is 48.5 Å². The lowest BCUT2D eigenvalue weighted by Crippen LogP contribution is -1.99. The number of carbonyl (C=O) groups is 1. The van der Waals surface area contributed by atoms with E-state index in [2.05, 4.69) is 4.98 Å². The zero-order valence-electron chi connectivity index (χ0n) is 11.1. The van der Waals surface area contributed by atoms with Gasteiger partial charge in [0.15, 0.2) is 18.2 Å². The van der Waals surface area contributed by atoms with Crippen LogP contribution in [0, 0.1) is 0 Å². The molecule has 1 heterocycles. The van der Waals surface area contributed by atoms with Gasteiger partial charge in [0.1, 0.15) is 5.69 Å². The third-order valence-corrected chi connectivity index (χ3v) is 3.17. The number of carbonyl (C=O) groups excluding carboxylic acids is 1. The fourth-order valence-electron chi connectivity index (χ4n) is 2.12. The van der Waals surface area contributed by atoms with Crippen LogP contribution in [0.25, 0.3) is 11.3 Å². The van der Waals surface area contributed by atoms with E-state index >= 15 is 0 Å². The molecule has 0 saturated heterocycles. The highest BCUT2D eigenvalue weighted by molar-refractivity contribution is 5.82. The first-order valence-corrected chi connectivity index (χ1v) is 6.54. The number of rotatable bonds is 4. The number of aromatic nitrogens is 1. The smallest absolute Gasteiger partial charge is 0.229 e. The minimum Gasteiger partial charge on any atom is -0.437 e. The van der Waals surface area contributed by atoms with E-state index < -0.39 is 6.10 Å². The first-order chi connectivity index (χ1) is 10.3. The van der Waals surface area contributed by atoms with Crippen LogP contribution in [-0.2, 0) is 0 Å². The molecule has 2 aromatic carbocycles. The molecule has 1 atom stereocenters. The van der Waals surface area contributed by atoms with E-state index in [-0.39, 0.29) is 11.6 Å². The molecular formula is C17H13NO3. The second-order valence-corrected chi connectivity index (χ2v) is 4.56. The maximum absolute atomic E-state index is 11.2. The molecule has 4 heteroatoms. The Morgan fingerprint density at radius 1 is 1.00 bits per heavy atom. The highest BCUT2D eigenvalue weighted by Crippen LogP contribution is 2.28. The molecule has 0 aliphatic rings. The maximum atomic E-state index is 11.2. The summed E-state index contributed by atoms with van der Waals surface area (Å²) in [7, 11) is 0. The predicted molar refractivity (Wildman–Crippen MR) is 77.8 cm³/mol. The molecule has 3 rings (SSSR count). The fourth-order valence-corrected chi connectivity index (χ4v) is 2.12. The van der Waals surface area contributed by atoms with E-state index in [9.17, 15) is 9.90 Å². The lowest BCUT2D eigenvalue weighted by atomic mass is 10.1. The molecule has 0 amide bonds. The molecule has 1 N–H and O–H groups in total. The van der Waals surface area contributed by atoms with Gasteiger partial charge in [0.2, 0.25) is 5.89 Å². The van der Waals surface area contributed by atoms with Crippen LogP contribution < -0.4 is 0 Å². The van der Waals surface area contributed by atoms with Crippen LogP contribution in [0.4, 0.5) is 0 Å². The van der Waals surface area contributed by atoms with Crippen molar-refractivity contribution in [2.24, 2.45) is 0 Å². The first-order valence-electron chi connectivity index (χ1n) is 6.54. The zero-order valence-corrected chi connectivity index (χ0v) is 11.1. The zero-order chi connectivity index (χ0) is 14.7. The van der Waals surface area contributed by atoms with Crippen molar-refractivity contribution in [2.45, 2.75) is 6.10 Å². The average Bonchev–Trinajstić information content (AvgIpc) is 3.00. The van der Waals surface area contributed by atoms with Gasteiger partial charge in [-0.15, -0.1) is 0 Å². The molecule has 3 aromatic rings. The van der Waals surface area contributed by atoms with Gasteiger partial charge in [-0.1, -0.05) is 60.7 Å². The fraction of sp³-hybridized carbons (Fsp3) is 0.0588. The summed E-state index contributed by atoms with van der Waals surface area (Å²) < 4.78 is 5.62. The average molecular weight is 279 g/mol. The predicted octanol–water partition coefficient (Wildman–Crippen LogP) is 3.24. The van der Waals surface area contributed by atoms with Gasteiger partial charge in [0, 0.05) is 5.56 Å². The lowest BCUT2D eigenvalue weighted by Gasteiger charge is -2.05. The molecule has 0 saturated carbocycles. The molecule has 0 fully saturated rings. The molecule has 0 aliphatic heterocycles. The monoisotopic (exact) mass is 279 g/mol. The van der Waals surface area contributed by atoms with Crippen LogP contribution in [0.3, 0.4) is 0 Å².